The lowest BCUT2D eigenvalue weighted by molar-refractivity contribution is -0.126. The maximum Gasteiger partial charge on any atom is 0.139 e. The fraction of sp³-hybridized carbons (Fsp3) is 0.786. The largest absolute Gasteiger partial charge is 0.299 e. The summed E-state index contributed by atoms with van der Waals surface area (Å²) >= 11 is 0. The third-order valence-electron chi connectivity index (χ3n) is 5.28. The zero-order valence-electron chi connectivity index (χ0n) is 9.92. The van der Waals surface area contributed by atoms with Crippen molar-refractivity contribution in [2.24, 2.45) is 28.6 Å². The topological polar surface area (TPSA) is 17.1 Å². The third-order valence-corrected chi connectivity index (χ3v) is 5.28. The summed E-state index contributed by atoms with van der Waals surface area (Å²) in [6, 6.07) is 0. The molecule has 0 saturated heterocycles. The average Bonchev–Trinajstić information content (AvgIpc) is 2.63. The van der Waals surface area contributed by atoms with Crippen LogP contribution < -0.4 is 0 Å². The fourth-order valence-electron chi connectivity index (χ4n) is 4.87. The van der Waals surface area contributed by atoms with Gasteiger partial charge in [0, 0.05) is 11.8 Å². The second-order valence-corrected chi connectivity index (χ2v) is 6.65. The van der Waals surface area contributed by atoms with Crippen LogP contribution in [0, 0.1) is 28.6 Å². The second-order valence-electron chi connectivity index (χ2n) is 6.65. The van der Waals surface area contributed by atoms with E-state index < -0.39 is 0 Å². The van der Waals surface area contributed by atoms with Crippen LogP contribution in [-0.4, -0.2) is 5.78 Å². The molecule has 0 bridgehead atoms. The Morgan fingerprint density at radius 2 is 2.07 bits per heavy atom. The van der Waals surface area contributed by atoms with E-state index in [1.54, 1.807) is 0 Å². The van der Waals surface area contributed by atoms with Crippen molar-refractivity contribution in [2.75, 3.05) is 0 Å². The van der Waals surface area contributed by atoms with Crippen LogP contribution in [-0.2, 0) is 4.79 Å². The van der Waals surface area contributed by atoms with E-state index in [9.17, 15) is 4.79 Å². The molecule has 3 rings (SSSR count). The summed E-state index contributed by atoms with van der Waals surface area (Å²) in [4.78, 5) is 12.1. The minimum Gasteiger partial charge on any atom is -0.299 e. The lowest BCUT2D eigenvalue weighted by Gasteiger charge is -2.34. The van der Waals surface area contributed by atoms with Gasteiger partial charge in [-0.3, -0.25) is 4.79 Å². The van der Waals surface area contributed by atoms with Crippen LogP contribution in [0.5, 0.6) is 0 Å². The Bertz CT molecular complexity index is 352. The van der Waals surface area contributed by atoms with Crippen LogP contribution in [0.25, 0.3) is 0 Å². The van der Waals surface area contributed by atoms with Crippen molar-refractivity contribution in [1.82, 2.24) is 0 Å². The minimum absolute atomic E-state index is 0.0693. The Morgan fingerprint density at radius 3 is 2.80 bits per heavy atom. The summed E-state index contributed by atoms with van der Waals surface area (Å²) in [5.74, 6) is 2.65. The molecule has 0 aromatic carbocycles. The highest BCUT2D eigenvalue weighted by Gasteiger charge is 2.63. The van der Waals surface area contributed by atoms with Crippen LogP contribution in [0.4, 0.5) is 0 Å². The first-order chi connectivity index (χ1) is 6.95. The SMILES string of the molecule is CC1(C)C(=O)C[C@@]2(C)C[C@@H]3C=CC[C@@H]3[C@@H]12. The third kappa shape index (κ3) is 1.02. The summed E-state index contributed by atoms with van der Waals surface area (Å²) in [5.41, 5.74) is 0.237. The van der Waals surface area contributed by atoms with Crippen molar-refractivity contribution in [3.8, 4) is 0 Å². The normalized spacial score (nSPS) is 50.9. The number of fused-ring (bicyclic) bond motifs is 3. The number of Topliss-reactive ketones (excluding diaryl/α,β-unsaturated/α-hetero) is 1. The van der Waals surface area contributed by atoms with E-state index in [0.717, 1.165) is 18.3 Å². The molecule has 0 aliphatic heterocycles. The van der Waals surface area contributed by atoms with Crippen molar-refractivity contribution in [1.29, 1.82) is 0 Å². The lowest BCUT2D eigenvalue weighted by Crippen LogP contribution is -2.32. The number of hydrogen-bond donors (Lipinski definition) is 0. The quantitative estimate of drug-likeness (QED) is 0.554. The van der Waals surface area contributed by atoms with Gasteiger partial charge in [0.05, 0.1) is 0 Å². The molecule has 3 aliphatic rings. The first kappa shape index (κ1) is 9.62. The van der Waals surface area contributed by atoms with E-state index in [0.29, 0.717) is 17.1 Å². The maximum absolute atomic E-state index is 12.1. The van der Waals surface area contributed by atoms with Gasteiger partial charge in [0.1, 0.15) is 5.78 Å². The van der Waals surface area contributed by atoms with Crippen molar-refractivity contribution in [2.45, 2.75) is 40.0 Å². The molecule has 4 atom stereocenters. The van der Waals surface area contributed by atoms with Crippen LogP contribution in [0.1, 0.15) is 40.0 Å². The van der Waals surface area contributed by atoms with Gasteiger partial charge in [-0.15, -0.1) is 0 Å². The maximum atomic E-state index is 12.1. The summed E-state index contributed by atoms with van der Waals surface area (Å²) in [5, 5.41) is 0. The number of allylic oxidation sites excluding steroid dienone is 2. The molecule has 0 unspecified atom stereocenters. The molecule has 0 amide bonds. The molecule has 2 saturated carbocycles. The summed E-state index contributed by atoms with van der Waals surface area (Å²) in [7, 11) is 0. The van der Waals surface area contributed by atoms with Gasteiger partial charge in [0.15, 0.2) is 0 Å². The monoisotopic (exact) mass is 204 g/mol. The minimum atomic E-state index is -0.0693. The van der Waals surface area contributed by atoms with Crippen molar-refractivity contribution < 1.29 is 4.79 Å². The van der Waals surface area contributed by atoms with E-state index >= 15 is 0 Å². The summed E-state index contributed by atoms with van der Waals surface area (Å²) < 4.78 is 0. The van der Waals surface area contributed by atoms with Crippen LogP contribution >= 0.6 is 0 Å². The summed E-state index contributed by atoms with van der Waals surface area (Å²) in [6.07, 6.45) is 8.00. The molecule has 0 aromatic heterocycles. The molecule has 0 aromatic rings. The van der Waals surface area contributed by atoms with Gasteiger partial charge in [0.2, 0.25) is 0 Å². The first-order valence-electron chi connectivity index (χ1n) is 6.15. The zero-order valence-corrected chi connectivity index (χ0v) is 9.92. The van der Waals surface area contributed by atoms with E-state index in [2.05, 4.69) is 32.9 Å². The number of ketones is 1. The number of hydrogen-bond acceptors (Lipinski definition) is 1. The Hall–Kier alpha value is -0.590. The highest BCUT2D eigenvalue weighted by atomic mass is 16.1. The van der Waals surface area contributed by atoms with E-state index in [1.807, 2.05) is 0 Å². The van der Waals surface area contributed by atoms with Crippen LogP contribution in [0.15, 0.2) is 12.2 Å². The molecule has 1 nitrogen and oxygen atoms in total. The Labute approximate surface area is 91.9 Å². The van der Waals surface area contributed by atoms with Crippen molar-refractivity contribution in [3.05, 3.63) is 12.2 Å². The van der Waals surface area contributed by atoms with E-state index in [4.69, 9.17) is 0 Å². The van der Waals surface area contributed by atoms with E-state index in [-0.39, 0.29) is 5.41 Å². The molecule has 0 spiro atoms. The van der Waals surface area contributed by atoms with Gasteiger partial charge in [-0.1, -0.05) is 32.9 Å². The smallest absolute Gasteiger partial charge is 0.139 e. The van der Waals surface area contributed by atoms with E-state index in [1.165, 1.54) is 12.8 Å². The van der Waals surface area contributed by atoms with Gasteiger partial charge in [-0.2, -0.15) is 0 Å². The molecular weight excluding hydrogens is 184 g/mol. The predicted octanol–water partition coefficient (Wildman–Crippen LogP) is 3.20. The second kappa shape index (κ2) is 2.56. The molecule has 3 aliphatic carbocycles. The average molecular weight is 204 g/mol. The molecule has 0 N–H and O–H groups in total. The molecular formula is C14H20O. The van der Waals surface area contributed by atoms with Gasteiger partial charge in [-0.05, 0) is 36.0 Å². The standard InChI is InChI=1S/C14H20O/c1-13(2)11(15)8-14(3)7-9-5-4-6-10(9)12(13)14/h4-5,9-10,12H,6-8H2,1-3H3/t9-,10-,12-,14+/m0/s1. The van der Waals surface area contributed by atoms with Gasteiger partial charge >= 0.3 is 0 Å². The Balaban J connectivity index is 2.04. The van der Waals surface area contributed by atoms with Gasteiger partial charge in [-0.25, -0.2) is 0 Å². The molecule has 2 fully saturated rings. The molecule has 15 heavy (non-hydrogen) atoms. The predicted molar refractivity (Wildman–Crippen MR) is 60.4 cm³/mol. The number of carbonyl (C=O) groups excluding carboxylic acids is 1. The van der Waals surface area contributed by atoms with Crippen LogP contribution in [0.3, 0.4) is 0 Å². The van der Waals surface area contributed by atoms with Gasteiger partial charge in [0.25, 0.3) is 0 Å². The van der Waals surface area contributed by atoms with Crippen molar-refractivity contribution in [3.63, 3.8) is 0 Å². The molecule has 82 valence electrons. The molecule has 0 heterocycles. The van der Waals surface area contributed by atoms with Gasteiger partial charge < -0.3 is 0 Å². The summed E-state index contributed by atoms with van der Waals surface area (Å²) in [6.45, 7) is 6.69. The Morgan fingerprint density at radius 1 is 1.33 bits per heavy atom. The number of carbonyl (C=O) groups is 1. The highest BCUT2D eigenvalue weighted by Crippen LogP contribution is 2.66. The lowest BCUT2D eigenvalue weighted by atomic mass is 9.69. The highest BCUT2D eigenvalue weighted by molar-refractivity contribution is 5.88. The fourth-order valence-corrected chi connectivity index (χ4v) is 4.87. The molecule has 0 radical (unpaired) electrons. The zero-order chi connectivity index (χ0) is 10.8. The molecule has 1 heteroatoms. The van der Waals surface area contributed by atoms with Crippen molar-refractivity contribution >= 4 is 5.78 Å². The number of rotatable bonds is 0. The Kier molecular flexibility index (Phi) is 1.64. The first-order valence-corrected chi connectivity index (χ1v) is 6.15. The van der Waals surface area contributed by atoms with Crippen LogP contribution in [0.2, 0.25) is 0 Å².